The van der Waals surface area contributed by atoms with Crippen LogP contribution < -0.4 is 0 Å². The maximum absolute atomic E-state index is 7.10. The molecule has 2 N–H and O–H groups in total. The standard InChI is InChI=1S/2C2H2O/c2*1-2-3/h2*1,3H. The normalized spacial score (nSPS) is 2.33. The van der Waals surface area contributed by atoms with E-state index in [1.54, 1.807) is 0 Å². The van der Waals surface area contributed by atoms with E-state index in [9.17, 15) is 0 Å². The van der Waals surface area contributed by atoms with E-state index in [-0.39, 0.29) is 0 Å². The molecule has 32 valence electrons. The van der Waals surface area contributed by atoms with E-state index >= 15 is 0 Å². The molecule has 0 aliphatic rings. The van der Waals surface area contributed by atoms with Crippen molar-refractivity contribution >= 4 is 0 Å². The Hall–Kier alpha value is -1.28. The molecule has 0 aromatic carbocycles. The summed E-state index contributed by atoms with van der Waals surface area (Å²) in [5.74, 6) is 0. The van der Waals surface area contributed by atoms with Gasteiger partial charge in [0.15, 0.2) is 0 Å². The first-order valence-electron chi connectivity index (χ1n) is 1.02. The smallest absolute Gasteiger partial charge is 0.103 e. The largest absolute Gasteiger partial charge is 0.462 e. The molecule has 0 unspecified atom stereocenters. The predicted octanol–water partition coefficient (Wildman–Crippen LogP) is -0.101. The van der Waals surface area contributed by atoms with Gasteiger partial charge in [-0.1, -0.05) is 12.8 Å². The zero-order valence-electron chi connectivity index (χ0n) is 3.05. The van der Waals surface area contributed by atoms with Gasteiger partial charge < -0.3 is 10.2 Å². The number of rotatable bonds is 0. The van der Waals surface area contributed by atoms with Gasteiger partial charge in [0.25, 0.3) is 0 Å². The van der Waals surface area contributed by atoms with Crippen molar-refractivity contribution in [3.05, 3.63) is 0 Å². The van der Waals surface area contributed by atoms with Crippen LogP contribution in [0.15, 0.2) is 0 Å². The average molecular weight is 84.1 g/mol. The van der Waals surface area contributed by atoms with Crippen molar-refractivity contribution in [2.75, 3.05) is 0 Å². The summed E-state index contributed by atoms with van der Waals surface area (Å²) >= 11 is 0. The SMILES string of the molecule is C#CO.C#CO. The Morgan fingerprint density at radius 2 is 1.00 bits per heavy atom. The van der Waals surface area contributed by atoms with Crippen LogP contribution in [0.2, 0.25) is 0 Å². The lowest BCUT2D eigenvalue weighted by Gasteiger charge is -1.32. The highest BCUT2D eigenvalue weighted by Crippen LogP contribution is 1.06. The Bertz CT molecular complexity index is 60.5. The molecular weight excluding hydrogens is 80.0 g/mol. The highest BCUT2D eigenvalue weighted by molar-refractivity contribution is 4.61. The van der Waals surface area contributed by atoms with Gasteiger partial charge in [-0.2, -0.15) is 0 Å². The van der Waals surface area contributed by atoms with Gasteiger partial charge in [-0.05, 0) is 0 Å². The highest BCUT2D eigenvalue weighted by atomic mass is 16.2. The molecule has 0 atom stereocenters. The van der Waals surface area contributed by atoms with Crippen LogP contribution in [-0.4, -0.2) is 10.2 Å². The Labute approximate surface area is 36.4 Å². The van der Waals surface area contributed by atoms with Crippen molar-refractivity contribution in [3.8, 4) is 25.1 Å². The van der Waals surface area contributed by atoms with Gasteiger partial charge >= 0.3 is 0 Å². The molecule has 0 fully saturated rings. The second kappa shape index (κ2) is 53.1. The fourth-order valence-corrected chi connectivity index (χ4v) is 0. The van der Waals surface area contributed by atoms with Crippen molar-refractivity contribution in [2.45, 2.75) is 0 Å². The quantitative estimate of drug-likeness (QED) is 0.402. The van der Waals surface area contributed by atoms with Gasteiger partial charge in [-0.15, -0.1) is 0 Å². The van der Waals surface area contributed by atoms with Gasteiger partial charge in [0.1, 0.15) is 12.2 Å². The number of aliphatic hydroxyl groups is 2. The molecule has 0 aromatic rings. The zero-order chi connectivity index (χ0) is 5.41. The minimum atomic E-state index is 1.25. The van der Waals surface area contributed by atoms with E-state index in [1.165, 1.54) is 12.2 Å². The molecule has 0 aromatic heterocycles. The third kappa shape index (κ3) is 4.91. The molecule has 6 heavy (non-hydrogen) atoms. The Balaban J connectivity index is 0. The van der Waals surface area contributed by atoms with Gasteiger partial charge in [0, 0.05) is 0 Å². The van der Waals surface area contributed by atoms with E-state index in [1.807, 2.05) is 0 Å². The molecule has 2 nitrogen and oxygen atoms in total. The Morgan fingerprint density at radius 1 is 1.00 bits per heavy atom. The summed E-state index contributed by atoms with van der Waals surface area (Å²) in [6.45, 7) is 0. The van der Waals surface area contributed by atoms with Crippen LogP contribution in [-0.2, 0) is 0 Å². The first kappa shape index (κ1) is 8.83. The maximum atomic E-state index is 7.10. The number of aliphatic hydroxyl groups excluding tert-OH is 2. The second-order valence-electron chi connectivity index (χ2n) is 0.258. The molecule has 0 bridgehead atoms. The molecule has 2 heteroatoms. The molecule has 0 aliphatic heterocycles. The van der Waals surface area contributed by atoms with Crippen LogP contribution in [0.1, 0.15) is 0 Å². The lowest BCUT2D eigenvalue weighted by molar-refractivity contribution is 0.518. The molecule has 0 amide bonds. The fraction of sp³-hybridized carbons (Fsp3) is 0. The lowest BCUT2D eigenvalue weighted by atomic mass is 11.3. The third-order valence-electron chi connectivity index (χ3n) is 0. The number of terminal acetylenes is 2. The van der Waals surface area contributed by atoms with Crippen LogP contribution in [0.4, 0.5) is 0 Å². The van der Waals surface area contributed by atoms with Gasteiger partial charge in [0.05, 0.1) is 0 Å². The van der Waals surface area contributed by atoms with E-state index in [4.69, 9.17) is 10.2 Å². The maximum Gasteiger partial charge on any atom is 0.103 e. The van der Waals surface area contributed by atoms with E-state index in [0.717, 1.165) is 0 Å². The second-order valence-corrected chi connectivity index (χ2v) is 0.258. The van der Waals surface area contributed by atoms with Gasteiger partial charge in [-0.3, -0.25) is 0 Å². The Morgan fingerprint density at radius 3 is 1.00 bits per heavy atom. The summed E-state index contributed by atoms with van der Waals surface area (Å²) in [7, 11) is 0. The predicted molar refractivity (Wildman–Crippen MR) is 21.5 cm³/mol. The lowest BCUT2D eigenvalue weighted by Crippen LogP contribution is -1.27. The van der Waals surface area contributed by atoms with E-state index in [2.05, 4.69) is 12.8 Å². The van der Waals surface area contributed by atoms with Crippen LogP contribution >= 0.6 is 0 Å². The summed E-state index contributed by atoms with van der Waals surface area (Å²) < 4.78 is 0. The first-order valence-corrected chi connectivity index (χ1v) is 1.02. The van der Waals surface area contributed by atoms with Crippen molar-refractivity contribution < 1.29 is 10.2 Å². The molecule has 0 rings (SSSR count). The fourth-order valence-electron chi connectivity index (χ4n) is 0. The zero-order valence-corrected chi connectivity index (χ0v) is 3.05. The van der Waals surface area contributed by atoms with Crippen molar-refractivity contribution in [3.63, 3.8) is 0 Å². The van der Waals surface area contributed by atoms with Crippen LogP contribution in [0, 0.1) is 25.1 Å². The summed E-state index contributed by atoms with van der Waals surface area (Å²) in [6.07, 6.45) is 10.8. The molecule has 0 radical (unpaired) electrons. The van der Waals surface area contributed by atoms with E-state index in [0.29, 0.717) is 0 Å². The van der Waals surface area contributed by atoms with Gasteiger partial charge in [-0.25, -0.2) is 0 Å². The van der Waals surface area contributed by atoms with E-state index < -0.39 is 0 Å². The highest BCUT2D eigenvalue weighted by Gasteiger charge is 1.06. The molecule has 0 saturated heterocycles. The summed E-state index contributed by atoms with van der Waals surface area (Å²) in [5, 5.41) is 14.2. The van der Waals surface area contributed by atoms with Crippen molar-refractivity contribution in [2.24, 2.45) is 0 Å². The van der Waals surface area contributed by atoms with Crippen molar-refractivity contribution in [1.82, 2.24) is 0 Å². The van der Waals surface area contributed by atoms with Gasteiger partial charge in [0.2, 0.25) is 0 Å². The summed E-state index contributed by atoms with van der Waals surface area (Å²) in [4.78, 5) is 0. The molecule has 0 saturated carbocycles. The Kier molecular flexibility index (Phi) is 78.1. The van der Waals surface area contributed by atoms with Crippen LogP contribution in [0.5, 0.6) is 0 Å². The number of hydrogen-bond donors (Lipinski definition) is 2. The molecule has 0 heterocycles. The number of hydrogen-bond acceptors (Lipinski definition) is 2. The monoisotopic (exact) mass is 84.0 g/mol. The summed E-state index contributed by atoms with van der Waals surface area (Å²) in [6, 6.07) is 0. The topological polar surface area (TPSA) is 40.5 Å². The first-order chi connectivity index (χ1) is 2.83. The molecular formula is C4H4O2. The third-order valence-corrected chi connectivity index (χ3v) is 0. The average Bonchev–Trinajstić information content (AvgIpc) is 1.39. The van der Waals surface area contributed by atoms with Crippen LogP contribution in [0.25, 0.3) is 0 Å². The molecule has 0 aliphatic carbocycles. The van der Waals surface area contributed by atoms with Crippen LogP contribution in [0.3, 0.4) is 0 Å². The minimum absolute atomic E-state index is 1.25. The molecule has 0 spiro atoms. The minimum Gasteiger partial charge on any atom is -0.462 e. The van der Waals surface area contributed by atoms with Crippen molar-refractivity contribution in [1.29, 1.82) is 0 Å². The summed E-state index contributed by atoms with van der Waals surface area (Å²) in [5.41, 5.74) is 0.